The van der Waals surface area contributed by atoms with Crippen molar-refractivity contribution >= 4 is 23.0 Å². The first kappa shape index (κ1) is 17.6. The molecule has 0 bridgehead atoms. The van der Waals surface area contributed by atoms with E-state index in [2.05, 4.69) is 33.3 Å². The van der Waals surface area contributed by atoms with Crippen molar-refractivity contribution < 1.29 is 14.3 Å². The first-order chi connectivity index (χ1) is 12.8. The van der Waals surface area contributed by atoms with Crippen LogP contribution < -0.4 is 15.1 Å². The lowest BCUT2D eigenvalue weighted by Gasteiger charge is -2.33. The molecule has 0 atom stereocenters. The Balaban J connectivity index is 1.57. The fraction of sp³-hybridized carbons (Fsp3) is 0.650. The summed E-state index contributed by atoms with van der Waals surface area (Å²) in [5, 5.41) is 3.22. The molecule has 1 aromatic rings. The molecular formula is C20H29N3O3. The Morgan fingerprint density at radius 2 is 1.54 bits per heavy atom. The zero-order valence-electron chi connectivity index (χ0n) is 15.4. The number of benzene rings is 1. The van der Waals surface area contributed by atoms with Crippen LogP contribution in [-0.2, 0) is 14.3 Å². The number of anilines is 3. The van der Waals surface area contributed by atoms with E-state index in [0.717, 1.165) is 76.8 Å². The maximum absolute atomic E-state index is 12.7. The lowest BCUT2D eigenvalue weighted by molar-refractivity contribution is -0.119. The predicted molar refractivity (Wildman–Crippen MR) is 103 cm³/mol. The van der Waals surface area contributed by atoms with Crippen LogP contribution in [0, 0.1) is 5.92 Å². The molecule has 142 valence electrons. The van der Waals surface area contributed by atoms with E-state index in [4.69, 9.17) is 9.47 Å². The molecule has 2 saturated heterocycles. The van der Waals surface area contributed by atoms with Gasteiger partial charge in [-0.25, -0.2) is 0 Å². The molecular weight excluding hydrogens is 330 g/mol. The molecule has 1 aromatic carbocycles. The Labute approximate surface area is 155 Å². The fourth-order valence-corrected chi connectivity index (χ4v) is 4.13. The number of nitrogens with zero attached hydrogens (tertiary/aromatic N) is 2. The summed E-state index contributed by atoms with van der Waals surface area (Å²) in [6, 6.07) is 6.42. The summed E-state index contributed by atoms with van der Waals surface area (Å²) in [6.07, 6.45) is 4.38. The van der Waals surface area contributed by atoms with Crippen molar-refractivity contribution in [1.29, 1.82) is 0 Å². The van der Waals surface area contributed by atoms with Gasteiger partial charge >= 0.3 is 0 Å². The van der Waals surface area contributed by atoms with Crippen LogP contribution in [0.2, 0.25) is 0 Å². The van der Waals surface area contributed by atoms with Crippen molar-refractivity contribution in [1.82, 2.24) is 0 Å². The van der Waals surface area contributed by atoms with E-state index in [0.29, 0.717) is 0 Å². The maximum Gasteiger partial charge on any atom is 0.227 e. The van der Waals surface area contributed by atoms with Gasteiger partial charge in [0.15, 0.2) is 0 Å². The van der Waals surface area contributed by atoms with Gasteiger partial charge in [0.2, 0.25) is 5.91 Å². The smallest absolute Gasteiger partial charge is 0.227 e. The van der Waals surface area contributed by atoms with Crippen LogP contribution in [0.15, 0.2) is 18.2 Å². The molecule has 26 heavy (non-hydrogen) atoms. The molecule has 4 rings (SSSR count). The first-order valence-corrected chi connectivity index (χ1v) is 9.91. The number of ether oxygens (including phenoxy) is 2. The number of hydrogen-bond acceptors (Lipinski definition) is 5. The zero-order chi connectivity index (χ0) is 17.8. The molecule has 1 amide bonds. The van der Waals surface area contributed by atoms with Gasteiger partial charge in [0.05, 0.1) is 37.8 Å². The molecule has 3 aliphatic rings. The van der Waals surface area contributed by atoms with E-state index in [1.54, 1.807) is 0 Å². The van der Waals surface area contributed by atoms with E-state index in [9.17, 15) is 4.79 Å². The number of carbonyl (C=O) groups excluding carboxylic acids is 1. The number of morpholine rings is 2. The van der Waals surface area contributed by atoms with Crippen LogP contribution in [0.5, 0.6) is 0 Å². The van der Waals surface area contributed by atoms with Gasteiger partial charge in [-0.05, 0) is 31.0 Å². The highest BCUT2D eigenvalue weighted by molar-refractivity contribution is 5.96. The number of hydrogen-bond donors (Lipinski definition) is 1. The second kappa shape index (κ2) is 8.27. The van der Waals surface area contributed by atoms with Crippen LogP contribution in [0.4, 0.5) is 17.1 Å². The van der Waals surface area contributed by atoms with Crippen LogP contribution in [0.3, 0.4) is 0 Å². The van der Waals surface area contributed by atoms with E-state index in [1.807, 2.05) is 0 Å². The molecule has 2 heterocycles. The minimum absolute atomic E-state index is 0.173. The first-order valence-electron chi connectivity index (χ1n) is 9.91. The van der Waals surface area contributed by atoms with Crippen molar-refractivity contribution in [2.75, 3.05) is 67.7 Å². The number of amides is 1. The van der Waals surface area contributed by atoms with Crippen molar-refractivity contribution in [3.63, 3.8) is 0 Å². The van der Waals surface area contributed by atoms with Crippen molar-refractivity contribution in [3.05, 3.63) is 18.2 Å². The van der Waals surface area contributed by atoms with Gasteiger partial charge in [0, 0.05) is 37.8 Å². The van der Waals surface area contributed by atoms with Crippen molar-refractivity contribution in [3.8, 4) is 0 Å². The van der Waals surface area contributed by atoms with Crippen molar-refractivity contribution in [2.24, 2.45) is 5.92 Å². The van der Waals surface area contributed by atoms with Gasteiger partial charge in [-0.1, -0.05) is 12.8 Å². The highest BCUT2D eigenvalue weighted by atomic mass is 16.5. The molecule has 2 aliphatic heterocycles. The lowest BCUT2D eigenvalue weighted by atomic mass is 10.1. The number of carbonyl (C=O) groups is 1. The topological polar surface area (TPSA) is 54.0 Å². The quantitative estimate of drug-likeness (QED) is 0.895. The monoisotopic (exact) mass is 359 g/mol. The highest BCUT2D eigenvalue weighted by Crippen LogP contribution is 2.34. The van der Waals surface area contributed by atoms with E-state index < -0.39 is 0 Å². The maximum atomic E-state index is 12.7. The minimum atomic E-state index is 0.173. The molecule has 1 aliphatic carbocycles. The SMILES string of the molecule is O=C(Nc1ccc(N2CCOCC2)cc1N1CCOCC1)C1CCCC1. The zero-order valence-corrected chi connectivity index (χ0v) is 15.4. The van der Waals surface area contributed by atoms with Crippen LogP contribution in [0.25, 0.3) is 0 Å². The van der Waals surface area contributed by atoms with Gasteiger partial charge in [-0.2, -0.15) is 0 Å². The van der Waals surface area contributed by atoms with Gasteiger partial charge in [0.25, 0.3) is 0 Å². The van der Waals surface area contributed by atoms with Crippen LogP contribution in [-0.4, -0.2) is 58.5 Å². The molecule has 0 aromatic heterocycles. The Kier molecular flexibility index (Phi) is 5.60. The van der Waals surface area contributed by atoms with Gasteiger partial charge in [0.1, 0.15) is 0 Å². The number of rotatable bonds is 4. The van der Waals surface area contributed by atoms with E-state index >= 15 is 0 Å². The average Bonchev–Trinajstić information content (AvgIpc) is 3.25. The van der Waals surface area contributed by atoms with Gasteiger partial charge < -0.3 is 24.6 Å². The second-order valence-corrected chi connectivity index (χ2v) is 7.37. The molecule has 6 nitrogen and oxygen atoms in total. The Bertz CT molecular complexity index is 619. The molecule has 1 saturated carbocycles. The predicted octanol–water partition coefficient (Wildman–Crippen LogP) is 2.49. The normalized spacial score (nSPS) is 21.8. The largest absolute Gasteiger partial charge is 0.378 e. The van der Waals surface area contributed by atoms with E-state index in [-0.39, 0.29) is 11.8 Å². The summed E-state index contributed by atoms with van der Waals surface area (Å²) >= 11 is 0. The molecule has 0 spiro atoms. The third-order valence-electron chi connectivity index (χ3n) is 5.69. The van der Waals surface area contributed by atoms with Crippen molar-refractivity contribution in [2.45, 2.75) is 25.7 Å². The summed E-state index contributed by atoms with van der Waals surface area (Å²) < 4.78 is 11.0. The van der Waals surface area contributed by atoms with Gasteiger partial charge in [-0.3, -0.25) is 4.79 Å². The summed E-state index contributed by atoms with van der Waals surface area (Å²) in [4.78, 5) is 17.3. The molecule has 3 fully saturated rings. The summed E-state index contributed by atoms with van der Waals surface area (Å²) in [5.41, 5.74) is 3.25. The Hall–Kier alpha value is -1.79. The summed E-state index contributed by atoms with van der Waals surface area (Å²) in [7, 11) is 0. The lowest BCUT2D eigenvalue weighted by Crippen LogP contribution is -2.38. The third-order valence-corrected chi connectivity index (χ3v) is 5.69. The molecule has 6 heteroatoms. The third kappa shape index (κ3) is 3.96. The molecule has 0 radical (unpaired) electrons. The van der Waals surface area contributed by atoms with Crippen LogP contribution >= 0.6 is 0 Å². The molecule has 1 N–H and O–H groups in total. The fourth-order valence-electron chi connectivity index (χ4n) is 4.13. The average molecular weight is 359 g/mol. The molecule has 0 unspecified atom stereocenters. The standard InChI is InChI=1S/C20H29N3O3/c24-20(16-3-1-2-4-16)21-18-6-5-17(22-7-11-25-12-8-22)15-19(18)23-9-13-26-14-10-23/h5-6,15-16H,1-4,7-14H2,(H,21,24). The highest BCUT2D eigenvalue weighted by Gasteiger charge is 2.25. The van der Waals surface area contributed by atoms with E-state index in [1.165, 1.54) is 18.5 Å². The summed E-state index contributed by atoms with van der Waals surface area (Å²) in [6.45, 7) is 6.56. The summed E-state index contributed by atoms with van der Waals surface area (Å²) in [5.74, 6) is 0.350. The van der Waals surface area contributed by atoms with Gasteiger partial charge in [-0.15, -0.1) is 0 Å². The Morgan fingerprint density at radius 1 is 0.923 bits per heavy atom. The number of nitrogens with one attached hydrogen (secondary N) is 1. The second-order valence-electron chi connectivity index (χ2n) is 7.37. The van der Waals surface area contributed by atoms with Crippen LogP contribution in [0.1, 0.15) is 25.7 Å². The minimum Gasteiger partial charge on any atom is -0.378 e. The Morgan fingerprint density at radius 3 is 2.19 bits per heavy atom.